The Balaban J connectivity index is 1.56. The van der Waals surface area contributed by atoms with Gasteiger partial charge >= 0.3 is 0 Å². The third-order valence-electron chi connectivity index (χ3n) is 4.43. The standard InChI is InChI=1S/C24H24ClNO2/c1-18-7-5-10-19(15-18)11-6-14-26-24(27)22-16-21(25)12-13-23(22)28-17-20-8-3-2-4-9-20/h2-5,7-10,12-13,15-16H,6,11,14,17H2,1H3,(H,26,27). The highest BCUT2D eigenvalue weighted by atomic mass is 35.5. The molecule has 0 aliphatic heterocycles. The Morgan fingerprint density at radius 3 is 2.54 bits per heavy atom. The first-order valence-electron chi connectivity index (χ1n) is 9.42. The molecule has 3 nitrogen and oxygen atoms in total. The van der Waals surface area contributed by atoms with Crippen molar-refractivity contribution in [3.05, 3.63) is 100 Å². The van der Waals surface area contributed by atoms with Crippen LogP contribution in [0.2, 0.25) is 5.02 Å². The highest BCUT2D eigenvalue weighted by molar-refractivity contribution is 6.31. The van der Waals surface area contributed by atoms with Gasteiger partial charge in [0.05, 0.1) is 5.56 Å². The molecule has 0 atom stereocenters. The predicted octanol–water partition coefficient (Wildman–Crippen LogP) is 5.59. The molecule has 0 aliphatic carbocycles. The maximum Gasteiger partial charge on any atom is 0.255 e. The second kappa shape index (κ2) is 9.95. The van der Waals surface area contributed by atoms with Crippen molar-refractivity contribution in [3.63, 3.8) is 0 Å². The van der Waals surface area contributed by atoms with Crippen molar-refractivity contribution in [2.45, 2.75) is 26.4 Å². The second-order valence-electron chi connectivity index (χ2n) is 6.76. The zero-order valence-electron chi connectivity index (χ0n) is 16.0. The van der Waals surface area contributed by atoms with E-state index in [1.165, 1.54) is 11.1 Å². The fraction of sp³-hybridized carbons (Fsp3) is 0.208. The van der Waals surface area contributed by atoms with E-state index >= 15 is 0 Å². The summed E-state index contributed by atoms with van der Waals surface area (Å²) < 4.78 is 5.87. The zero-order chi connectivity index (χ0) is 19.8. The Labute approximate surface area is 171 Å². The fourth-order valence-electron chi connectivity index (χ4n) is 3.00. The third kappa shape index (κ3) is 5.86. The van der Waals surface area contributed by atoms with E-state index in [9.17, 15) is 4.79 Å². The molecule has 4 heteroatoms. The first kappa shape index (κ1) is 20.0. The molecule has 0 heterocycles. The van der Waals surface area contributed by atoms with Gasteiger partial charge in [0.15, 0.2) is 0 Å². The van der Waals surface area contributed by atoms with Crippen LogP contribution in [0.1, 0.15) is 33.5 Å². The van der Waals surface area contributed by atoms with Crippen molar-refractivity contribution in [2.24, 2.45) is 0 Å². The van der Waals surface area contributed by atoms with E-state index in [1.54, 1.807) is 18.2 Å². The molecule has 3 aromatic carbocycles. The summed E-state index contributed by atoms with van der Waals surface area (Å²) in [7, 11) is 0. The maximum atomic E-state index is 12.6. The Morgan fingerprint density at radius 1 is 0.964 bits per heavy atom. The summed E-state index contributed by atoms with van der Waals surface area (Å²) in [6, 6.07) is 23.4. The normalized spacial score (nSPS) is 10.5. The lowest BCUT2D eigenvalue weighted by Gasteiger charge is -2.12. The number of benzene rings is 3. The molecule has 0 fully saturated rings. The molecule has 0 spiro atoms. The van der Waals surface area contributed by atoms with E-state index in [2.05, 4.69) is 36.5 Å². The average molecular weight is 394 g/mol. The highest BCUT2D eigenvalue weighted by Crippen LogP contribution is 2.24. The topological polar surface area (TPSA) is 38.3 Å². The van der Waals surface area contributed by atoms with Gasteiger partial charge in [-0.25, -0.2) is 0 Å². The molecule has 3 rings (SSSR count). The molecule has 0 aliphatic rings. The minimum Gasteiger partial charge on any atom is -0.488 e. The number of aryl methyl sites for hydroxylation is 2. The van der Waals surface area contributed by atoms with Crippen LogP contribution in [0.25, 0.3) is 0 Å². The number of carbonyl (C=O) groups excluding carboxylic acids is 1. The van der Waals surface area contributed by atoms with Crippen LogP contribution in [0, 0.1) is 6.92 Å². The molecule has 0 unspecified atom stereocenters. The van der Waals surface area contributed by atoms with E-state index in [1.807, 2.05) is 30.3 Å². The largest absolute Gasteiger partial charge is 0.488 e. The molecule has 1 N–H and O–H groups in total. The summed E-state index contributed by atoms with van der Waals surface area (Å²) in [6.07, 6.45) is 1.80. The van der Waals surface area contributed by atoms with Crippen molar-refractivity contribution in [2.75, 3.05) is 6.54 Å². The number of ether oxygens (including phenoxy) is 1. The van der Waals surface area contributed by atoms with Crippen molar-refractivity contribution in [1.29, 1.82) is 0 Å². The van der Waals surface area contributed by atoms with Gasteiger partial charge in [-0.1, -0.05) is 71.8 Å². The molecule has 144 valence electrons. The lowest BCUT2D eigenvalue weighted by Crippen LogP contribution is -2.25. The van der Waals surface area contributed by atoms with Gasteiger partial charge in [-0.3, -0.25) is 4.79 Å². The van der Waals surface area contributed by atoms with Crippen LogP contribution in [0.3, 0.4) is 0 Å². The lowest BCUT2D eigenvalue weighted by molar-refractivity contribution is 0.0948. The molecular weight excluding hydrogens is 370 g/mol. The van der Waals surface area contributed by atoms with Crippen molar-refractivity contribution in [3.8, 4) is 5.75 Å². The highest BCUT2D eigenvalue weighted by Gasteiger charge is 2.13. The summed E-state index contributed by atoms with van der Waals surface area (Å²) in [5, 5.41) is 3.48. The molecule has 0 bridgehead atoms. The molecule has 0 saturated heterocycles. The number of amides is 1. The summed E-state index contributed by atoms with van der Waals surface area (Å²) in [4.78, 5) is 12.6. The van der Waals surface area contributed by atoms with E-state index < -0.39 is 0 Å². The summed E-state index contributed by atoms with van der Waals surface area (Å²) in [5.74, 6) is 0.360. The molecule has 0 aromatic heterocycles. The summed E-state index contributed by atoms with van der Waals surface area (Å²) in [6.45, 7) is 3.08. The molecular formula is C24H24ClNO2. The molecule has 1 amide bonds. The van der Waals surface area contributed by atoms with Crippen molar-refractivity contribution < 1.29 is 9.53 Å². The zero-order valence-corrected chi connectivity index (χ0v) is 16.7. The van der Waals surface area contributed by atoms with Gasteiger partial charge in [0.25, 0.3) is 5.91 Å². The van der Waals surface area contributed by atoms with Crippen LogP contribution in [-0.2, 0) is 13.0 Å². The second-order valence-corrected chi connectivity index (χ2v) is 7.20. The van der Waals surface area contributed by atoms with Crippen LogP contribution >= 0.6 is 11.6 Å². The monoisotopic (exact) mass is 393 g/mol. The number of rotatable bonds is 8. The number of carbonyl (C=O) groups is 1. The quantitative estimate of drug-likeness (QED) is 0.506. The van der Waals surface area contributed by atoms with Crippen LogP contribution in [-0.4, -0.2) is 12.5 Å². The Bertz CT molecular complexity index is 925. The minimum absolute atomic E-state index is 0.171. The smallest absolute Gasteiger partial charge is 0.255 e. The van der Waals surface area contributed by atoms with Crippen molar-refractivity contribution >= 4 is 17.5 Å². The van der Waals surface area contributed by atoms with E-state index in [4.69, 9.17) is 16.3 Å². The SMILES string of the molecule is Cc1cccc(CCCNC(=O)c2cc(Cl)ccc2OCc2ccccc2)c1. The van der Waals surface area contributed by atoms with Crippen LogP contribution < -0.4 is 10.1 Å². The summed E-state index contributed by atoms with van der Waals surface area (Å²) in [5.41, 5.74) is 4.03. The number of hydrogen-bond donors (Lipinski definition) is 1. The van der Waals surface area contributed by atoms with E-state index in [0.29, 0.717) is 29.5 Å². The van der Waals surface area contributed by atoms with Crippen molar-refractivity contribution in [1.82, 2.24) is 5.32 Å². The lowest BCUT2D eigenvalue weighted by atomic mass is 10.1. The number of hydrogen-bond acceptors (Lipinski definition) is 2. The van der Waals surface area contributed by atoms with E-state index in [-0.39, 0.29) is 5.91 Å². The minimum atomic E-state index is -0.171. The number of nitrogens with one attached hydrogen (secondary N) is 1. The van der Waals surface area contributed by atoms with Gasteiger partial charge < -0.3 is 10.1 Å². The summed E-state index contributed by atoms with van der Waals surface area (Å²) >= 11 is 6.10. The van der Waals surface area contributed by atoms with Gasteiger partial charge in [0.1, 0.15) is 12.4 Å². The van der Waals surface area contributed by atoms with E-state index in [0.717, 1.165) is 18.4 Å². The molecule has 3 aromatic rings. The molecule has 0 saturated carbocycles. The van der Waals surface area contributed by atoms with Gasteiger partial charge in [-0.2, -0.15) is 0 Å². The first-order chi connectivity index (χ1) is 13.6. The fourth-order valence-corrected chi connectivity index (χ4v) is 3.17. The van der Waals surface area contributed by atoms with Gasteiger partial charge in [-0.05, 0) is 49.1 Å². The molecule has 0 radical (unpaired) electrons. The number of halogens is 1. The van der Waals surface area contributed by atoms with Crippen LogP contribution in [0.5, 0.6) is 5.75 Å². The average Bonchev–Trinajstić information content (AvgIpc) is 2.71. The van der Waals surface area contributed by atoms with Crippen LogP contribution in [0.15, 0.2) is 72.8 Å². The Kier molecular flexibility index (Phi) is 7.10. The Morgan fingerprint density at radius 2 is 1.75 bits per heavy atom. The molecule has 28 heavy (non-hydrogen) atoms. The predicted molar refractivity (Wildman–Crippen MR) is 114 cm³/mol. The van der Waals surface area contributed by atoms with Gasteiger partial charge in [0.2, 0.25) is 0 Å². The van der Waals surface area contributed by atoms with Gasteiger partial charge in [-0.15, -0.1) is 0 Å². The first-order valence-corrected chi connectivity index (χ1v) is 9.79. The Hall–Kier alpha value is -2.78. The van der Waals surface area contributed by atoms with Crippen LogP contribution in [0.4, 0.5) is 0 Å². The third-order valence-corrected chi connectivity index (χ3v) is 4.67. The van der Waals surface area contributed by atoms with Gasteiger partial charge in [0, 0.05) is 11.6 Å². The maximum absolute atomic E-state index is 12.6.